The van der Waals surface area contributed by atoms with Gasteiger partial charge in [-0.15, -0.1) is 11.3 Å². The van der Waals surface area contributed by atoms with Gasteiger partial charge in [-0.3, -0.25) is 4.98 Å². The summed E-state index contributed by atoms with van der Waals surface area (Å²) in [7, 11) is 0. The highest BCUT2D eigenvalue weighted by Crippen LogP contribution is 2.39. The van der Waals surface area contributed by atoms with Crippen LogP contribution in [0, 0.1) is 0 Å². The first-order valence-electron chi connectivity index (χ1n) is 11.5. The van der Waals surface area contributed by atoms with E-state index in [0.717, 1.165) is 38.2 Å². The molecule has 0 aliphatic heterocycles. The smallest absolute Gasteiger partial charge is 0.420 e. The Morgan fingerprint density at radius 2 is 1.89 bits per heavy atom. The van der Waals surface area contributed by atoms with Gasteiger partial charge in [-0.05, 0) is 30.7 Å². The fourth-order valence-electron chi connectivity index (χ4n) is 3.67. The van der Waals surface area contributed by atoms with Crippen LogP contribution in [0.25, 0.3) is 22.4 Å². The molecule has 35 heavy (non-hydrogen) atoms. The summed E-state index contributed by atoms with van der Waals surface area (Å²) in [5.41, 5.74) is 1.32. The fourth-order valence-corrected chi connectivity index (χ4v) is 4.41. The summed E-state index contributed by atoms with van der Waals surface area (Å²) < 4.78 is 46.5. The number of alkyl halides is 3. The van der Waals surface area contributed by atoms with E-state index in [-0.39, 0.29) is 23.7 Å². The molecule has 0 aliphatic rings. The molecular formula is C24H26F3N5O2S. The summed E-state index contributed by atoms with van der Waals surface area (Å²) in [6.45, 7) is 2.39. The van der Waals surface area contributed by atoms with Crippen LogP contribution in [0.5, 0.6) is 5.75 Å². The molecule has 0 saturated heterocycles. The van der Waals surface area contributed by atoms with Gasteiger partial charge in [0.25, 0.3) is 0 Å². The van der Waals surface area contributed by atoms with E-state index in [0.29, 0.717) is 27.6 Å². The maximum Gasteiger partial charge on any atom is 0.420 e. The summed E-state index contributed by atoms with van der Waals surface area (Å²) in [5.74, 6) is -0.170. The summed E-state index contributed by atoms with van der Waals surface area (Å²) in [5, 5.41) is 5.13. The third kappa shape index (κ3) is 6.41. The van der Waals surface area contributed by atoms with E-state index in [1.807, 2.05) is 0 Å². The maximum atomic E-state index is 13.7. The quantitative estimate of drug-likeness (QED) is 0.193. The van der Waals surface area contributed by atoms with Crippen molar-refractivity contribution in [3.63, 3.8) is 0 Å². The molecule has 0 atom stereocenters. The minimum absolute atomic E-state index is 0.170. The largest absolute Gasteiger partial charge is 0.493 e. The van der Waals surface area contributed by atoms with Gasteiger partial charge in [-0.25, -0.2) is 14.8 Å². The second-order valence-electron chi connectivity index (χ2n) is 8.19. The molecule has 4 aromatic rings. The topological polar surface area (TPSA) is 95.7 Å². The zero-order chi connectivity index (χ0) is 24.8. The van der Waals surface area contributed by atoms with Crippen LogP contribution >= 0.6 is 11.3 Å². The molecule has 0 bridgehead atoms. The number of ether oxygens (including phenoxy) is 1. The first-order valence-corrected chi connectivity index (χ1v) is 12.4. The fraction of sp³-hybridized carbons (Fsp3) is 0.375. The minimum atomic E-state index is -4.54. The summed E-state index contributed by atoms with van der Waals surface area (Å²) in [6, 6.07) is 5.66. The normalized spacial score (nSPS) is 11.8. The van der Waals surface area contributed by atoms with E-state index in [9.17, 15) is 18.0 Å². The predicted octanol–water partition coefficient (Wildman–Crippen LogP) is 6.88. The zero-order valence-corrected chi connectivity index (χ0v) is 20.0. The number of anilines is 2. The lowest BCUT2D eigenvalue weighted by atomic mass is 10.1. The van der Waals surface area contributed by atoms with Gasteiger partial charge in [-0.1, -0.05) is 39.0 Å². The van der Waals surface area contributed by atoms with E-state index in [1.54, 1.807) is 23.7 Å². The zero-order valence-electron chi connectivity index (χ0n) is 19.2. The molecule has 0 aliphatic carbocycles. The lowest BCUT2D eigenvalue weighted by molar-refractivity contribution is -0.138. The highest BCUT2D eigenvalue weighted by Gasteiger charge is 2.34. The van der Waals surface area contributed by atoms with Crippen molar-refractivity contribution in [3.8, 4) is 17.0 Å². The van der Waals surface area contributed by atoms with Crippen molar-refractivity contribution in [3.05, 3.63) is 51.9 Å². The van der Waals surface area contributed by atoms with Crippen molar-refractivity contribution in [2.75, 3.05) is 11.9 Å². The van der Waals surface area contributed by atoms with Crippen LogP contribution in [-0.4, -0.2) is 26.5 Å². The Balaban J connectivity index is 1.43. The molecule has 3 N–H and O–H groups in total. The van der Waals surface area contributed by atoms with E-state index in [2.05, 4.69) is 32.2 Å². The highest BCUT2D eigenvalue weighted by atomic mass is 32.1. The molecule has 0 fully saturated rings. The van der Waals surface area contributed by atoms with E-state index in [1.165, 1.54) is 23.8 Å². The van der Waals surface area contributed by atoms with Crippen molar-refractivity contribution in [2.24, 2.45) is 0 Å². The molecule has 0 radical (unpaired) electrons. The van der Waals surface area contributed by atoms with Crippen LogP contribution in [0.1, 0.15) is 51.0 Å². The van der Waals surface area contributed by atoms with Gasteiger partial charge in [-0.2, -0.15) is 13.2 Å². The van der Waals surface area contributed by atoms with Gasteiger partial charge in [0.15, 0.2) is 10.8 Å². The Morgan fingerprint density at radius 1 is 1.09 bits per heavy atom. The van der Waals surface area contributed by atoms with Crippen molar-refractivity contribution in [1.82, 2.24) is 19.9 Å². The van der Waals surface area contributed by atoms with Gasteiger partial charge in [0.1, 0.15) is 5.75 Å². The number of imidazole rings is 1. The number of nitrogens with one attached hydrogen (secondary N) is 3. The lowest BCUT2D eigenvalue weighted by Gasteiger charge is -2.15. The third-order valence-electron chi connectivity index (χ3n) is 5.46. The lowest BCUT2D eigenvalue weighted by Crippen LogP contribution is -2.10. The number of halogens is 3. The van der Waals surface area contributed by atoms with Gasteiger partial charge >= 0.3 is 11.9 Å². The maximum absolute atomic E-state index is 13.7. The molecule has 0 amide bonds. The molecular weight excluding hydrogens is 479 g/mol. The Labute approximate surface area is 203 Å². The molecule has 186 valence electrons. The van der Waals surface area contributed by atoms with Crippen LogP contribution in [0.2, 0.25) is 0 Å². The highest BCUT2D eigenvalue weighted by molar-refractivity contribution is 7.14. The number of thiazole rings is 1. The number of pyridine rings is 1. The van der Waals surface area contributed by atoms with Crippen molar-refractivity contribution in [1.29, 1.82) is 0 Å². The number of unbranched alkanes of at least 4 members (excludes halogenated alkanes) is 5. The molecule has 3 heterocycles. The van der Waals surface area contributed by atoms with Crippen LogP contribution in [0.15, 0.2) is 40.6 Å². The molecule has 0 saturated carbocycles. The minimum Gasteiger partial charge on any atom is -0.493 e. The Morgan fingerprint density at radius 3 is 2.69 bits per heavy atom. The van der Waals surface area contributed by atoms with Crippen molar-refractivity contribution >= 4 is 33.3 Å². The number of rotatable bonds is 11. The Kier molecular flexibility index (Phi) is 7.74. The number of fused-ring (bicyclic) bond motifs is 1. The average Bonchev–Trinajstić information content (AvgIpc) is 3.43. The standard InChI is InChI=1S/C24H26F3N5O2S/c1-2-3-4-5-6-7-10-34-20-9-8-16(12-17(20)24(25,26)27)29-23-31-19(14-35-23)15-11-18-21(28-13-15)32-22(33)30-18/h8-9,11-14H,2-7,10H2,1H3,(H,29,31)(H2,28,30,32,33). The first kappa shape index (κ1) is 24.8. The van der Waals surface area contributed by atoms with Crippen LogP contribution in [-0.2, 0) is 6.18 Å². The SMILES string of the molecule is CCCCCCCCOc1ccc(Nc2nc(-c3cnc4[nH]c(=O)[nH]c4c3)cs2)cc1C(F)(F)F. The van der Waals surface area contributed by atoms with Crippen molar-refractivity contribution < 1.29 is 17.9 Å². The third-order valence-corrected chi connectivity index (χ3v) is 6.22. The molecule has 0 unspecified atom stereocenters. The van der Waals surface area contributed by atoms with E-state index >= 15 is 0 Å². The number of aromatic amines is 2. The van der Waals surface area contributed by atoms with E-state index in [4.69, 9.17) is 4.74 Å². The molecule has 4 rings (SSSR count). The van der Waals surface area contributed by atoms with Crippen LogP contribution in [0.4, 0.5) is 24.0 Å². The van der Waals surface area contributed by atoms with Crippen LogP contribution in [0.3, 0.4) is 0 Å². The molecule has 0 spiro atoms. The Hall–Kier alpha value is -3.34. The number of hydrogen-bond acceptors (Lipinski definition) is 6. The number of aromatic nitrogens is 4. The number of hydrogen-bond donors (Lipinski definition) is 3. The van der Waals surface area contributed by atoms with Gasteiger partial charge < -0.3 is 15.0 Å². The van der Waals surface area contributed by atoms with Gasteiger partial charge in [0.2, 0.25) is 0 Å². The molecule has 11 heteroatoms. The number of H-pyrrole nitrogens is 2. The average molecular weight is 506 g/mol. The van der Waals surface area contributed by atoms with Crippen LogP contribution < -0.4 is 15.7 Å². The number of benzene rings is 1. The second-order valence-corrected chi connectivity index (χ2v) is 9.05. The van der Waals surface area contributed by atoms with Gasteiger partial charge in [0.05, 0.1) is 23.4 Å². The molecule has 1 aromatic carbocycles. The predicted molar refractivity (Wildman–Crippen MR) is 131 cm³/mol. The van der Waals surface area contributed by atoms with E-state index < -0.39 is 11.7 Å². The summed E-state index contributed by atoms with van der Waals surface area (Å²) in [6.07, 6.45) is 3.22. The molecule has 3 aromatic heterocycles. The second kappa shape index (κ2) is 10.9. The van der Waals surface area contributed by atoms with Gasteiger partial charge in [0, 0.05) is 22.8 Å². The monoisotopic (exact) mass is 505 g/mol. The summed E-state index contributed by atoms with van der Waals surface area (Å²) in [4.78, 5) is 25.3. The Bertz CT molecular complexity index is 1330. The summed E-state index contributed by atoms with van der Waals surface area (Å²) >= 11 is 1.25. The van der Waals surface area contributed by atoms with Crippen molar-refractivity contribution in [2.45, 2.75) is 51.6 Å². The number of nitrogens with zero attached hydrogens (tertiary/aromatic N) is 2. The first-order chi connectivity index (χ1) is 16.8. The molecule has 7 nitrogen and oxygen atoms in total.